The molecule has 0 saturated carbocycles. The summed E-state index contributed by atoms with van der Waals surface area (Å²) in [6.45, 7) is 2.06. The maximum Gasteiger partial charge on any atom is 0.228 e. The average molecular weight is 476 g/mol. The number of nitrogens with one attached hydrogen (secondary N) is 3. The third kappa shape index (κ3) is 8.21. The molecule has 1 unspecified atom stereocenters. The Morgan fingerprint density at radius 1 is 1.25 bits per heavy atom. The Kier molecular flexibility index (Phi) is 9.67. The summed E-state index contributed by atoms with van der Waals surface area (Å²) in [4.78, 5) is 12.0. The van der Waals surface area contributed by atoms with Crippen molar-refractivity contribution in [3.63, 3.8) is 0 Å². The third-order valence-corrected chi connectivity index (χ3v) is 4.60. The zero-order chi connectivity index (χ0) is 18.2. The molecule has 0 aliphatic carbocycles. The van der Waals surface area contributed by atoms with E-state index in [-0.39, 0.29) is 11.0 Å². The van der Waals surface area contributed by atoms with Crippen LogP contribution in [0, 0.1) is 0 Å². The standard InChI is InChI=1S/C15H19BrCl3N3OS/c1-2-3-4-9-12(23)21-13(15(17,18)19)22-14(24)20-11-8-6-5-7-10(11)16/h5-8,13H,2-4,9H2,1H3,(H,21,23)(H2,20,22,24). The van der Waals surface area contributed by atoms with Crippen molar-refractivity contribution in [3.05, 3.63) is 28.7 Å². The van der Waals surface area contributed by atoms with Gasteiger partial charge in [-0.05, 0) is 46.7 Å². The molecule has 0 spiro atoms. The first-order valence-electron chi connectivity index (χ1n) is 7.42. The van der Waals surface area contributed by atoms with Gasteiger partial charge in [-0.1, -0.05) is 66.7 Å². The van der Waals surface area contributed by atoms with Crippen molar-refractivity contribution in [2.45, 2.75) is 42.6 Å². The van der Waals surface area contributed by atoms with Crippen molar-refractivity contribution < 1.29 is 4.79 Å². The van der Waals surface area contributed by atoms with Gasteiger partial charge in [0.2, 0.25) is 9.70 Å². The highest BCUT2D eigenvalue weighted by Crippen LogP contribution is 2.29. The minimum atomic E-state index is -1.75. The maximum atomic E-state index is 12.0. The van der Waals surface area contributed by atoms with E-state index >= 15 is 0 Å². The molecule has 0 aliphatic rings. The predicted octanol–water partition coefficient (Wildman–Crippen LogP) is 5.13. The first kappa shape index (κ1) is 21.8. The van der Waals surface area contributed by atoms with E-state index in [4.69, 9.17) is 47.0 Å². The van der Waals surface area contributed by atoms with E-state index in [1.165, 1.54) is 0 Å². The van der Waals surface area contributed by atoms with Crippen LogP contribution in [0.25, 0.3) is 0 Å². The predicted molar refractivity (Wildman–Crippen MR) is 110 cm³/mol. The van der Waals surface area contributed by atoms with E-state index in [9.17, 15) is 4.79 Å². The molecule has 0 aliphatic heterocycles. The molecular weight excluding hydrogens is 457 g/mol. The molecular formula is C15H19BrCl3N3OS. The summed E-state index contributed by atoms with van der Waals surface area (Å²) in [5.41, 5.74) is 0.757. The zero-order valence-corrected chi connectivity index (χ0v) is 17.7. The second kappa shape index (κ2) is 10.7. The number of rotatable bonds is 7. The fourth-order valence-corrected chi connectivity index (χ4v) is 2.76. The van der Waals surface area contributed by atoms with Gasteiger partial charge in [-0.3, -0.25) is 4.79 Å². The minimum Gasteiger partial charge on any atom is -0.339 e. The van der Waals surface area contributed by atoms with Crippen LogP contribution in [0.1, 0.15) is 32.6 Å². The SMILES string of the molecule is CCCCCC(=O)NC(NC(=S)Nc1ccccc1Br)C(Cl)(Cl)Cl. The van der Waals surface area contributed by atoms with Gasteiger partial charge >= 0.3 is 0 Å². The Bertz CT molecular complexity index is 569. The third-order valence-electron chi connectivity index (χ3n) is 3.04. The number of hydrogen-bond donors (Lipinski definition) is 3. The number of hydrogen-bond acceptors (Lipinski definition) is 2. The summed E-state index contributed by atoms with van der Waals surface area (Å²) >= 11 is 26.5. The molecule has 0 radical (unpaired) electrons. The molecule has 1 aromatic rings. The fourth-order valence-electron chi connectivity index (χ4n) is 1.82. The van der Waals surface area contributed by atoms with Crippen molar-refractivity contribution in [2.24, 2.45) is 0 Å². The second-order valence-corrected chi connectivity index (χ2v) is 8.71. The van der Waals surface area contributed by atoms with Gasteiger partial charge in [0.15, 0.2) is 5.11 Å². The first-order valence-corrected chi connectivity index (χ1v) is 9.75. The first-order chi connectivity index (χ1) is 11.2. The highest BCUT2D eigenvalue weighted by Gasteiger charge is 2.34. The van der Waals surface area contributed by atoms with Crippen molar-refractivity contribution in [1.82, 2.24) is 10.6 Å². The van der Waals surface area contributed by atoms with Crippen LogP contribution in [0.15, 0.2) is 28.7 Å². The molecule has 4 nitrogen and oxygen atoms in total. The molecule has 1 aromatic carbocycles. The summed E-state index contributed by atoms with van der Waals surface area (Å²) < 4.78 is -0.914. The summed E-state index contributed by atoms with van der Waals surface area (Å²) in [6, 6.07) is 7.45. The molecule has 0 saturated heterocycles. The topological polar surface area (TPSA) is 53.2 Å². The van der Waals surface area contributed by atoms with Gasteiger partial charge in [0.1, 0.15) is 6.17 Å². The van der Waals surface area contributed by atoms with Crippen molar-refractivity contribution in [1.29, 1.82) is 0 Å². The van der Waals surface area contributed by atoms with Crippen LogP contribution < -0.4 is 16.0 Å². The van der Waals surface area contributed by atoms with Gasteiger partial charge in [-0.25, -0.2) is 0 Å². The van der Waals surface area contributed by atoms with E-state index in [0.29, 0.717) is 6.42 Å². The van der Waals surface area contributed by atoms with E-state index in [1.54, 1.807) is 0 Å². The highest BCUT2D eigenvalue weighted by atomic mass is 79.9. The minimum absolute atomic E-state index is 0.198. The molecule has 0 bridgehead atoms. The number of benzene rings is 1. The molecule has 1 atom stereocenters. The van der Waals surface area contributed by atoms with Crippen molar-refractivity contribution in [2.75, 3.05) is 5.32 Å². The lowest BCUT2D eigenvalue weighted by molar-refractivity contribution is -0.122. The highest BCUT2D eigenvalue weighted by molar-refractivity contribution is 9.10. The number of halogens is 4. The number of amides is 1. The zero-order valence-electron chi connectivity index (χ0n) is 13.0. The number of unbranched alkanes of at least 4 members (excludes halogenated alkanes) is 2. The summed E-state index contributed by atoms with van der Waals surface area (Å²) in [7, 11) is 0. The monoisotopic (exact) mass is 473 g/mol. The second-order valence-electron chi connectivity index (χ2n) is 5.08. The maximum absolute atomic E-state index is 12.0. The normalized spacial score (nSPS) is 12.4. The smallest absolute Gasteiger partial charge is 0.228 e. The van der Waals surface area contributed by atoms with Gasteiger partial charge in [-0.2, -0.15) is 0 Å². The fraction of sp³-hybridized carbons (Fsp3) is 0.467. The van der Waals surface area contributed by atoms with Crippen LogP contribution in [0.3, 0.4) is 0 Å². The van der Waals surface area contributed by atoms with Crippen LogP contribution in [0.2, 0.25) is 0 Å². The van der Waals surface area contributed by atoms with E-state index in [2.05, 4.69) is 38.8 Å². The van der Waals surface area contributed by atoms with E-state index < -0.39 is 9.96 Å². The molecule has 0 aromatic heterocycles. The van der Waals surface area contributed by atoms with Gasteiger partial charge < -0.3 is 16.0 Å². The van der Waals surface area contributed by atoms with Crippen LogP contribution in [0.5, 0.6) is 0 Å². The van der Waals surface area contributed by atoms with Gasteiger partial charge in [-0.15, -0.1) is 0 Å². The Balaban J connectivity index is 2.64. The van der Waals surface area contributed by atoms with Gasteiger partial charge in [0, 0.05) is 10.9 Å². The molecule has 134 valence electrons. The van der Waals surface area contributed by atoms with Crippen molar-refractivity contribution in [3.8, 4) is 0 Å². The molecule has 1 rings (SSSR count). The van der Waals surface area contributed by atoms with Gasteiger partial charge in [0.05, 0.1) is 5.69 Å². The number of alkyl halides is 3. The summed E-state index contributed by atoms with van der Waals surface area (Å²) in [5, 5.41) is 8.70. The van der Waals surface area contributed by atoms with Crippen LogP contribution in [-0.2, 0) is 4.79 Å². The lowest BCUT2D eigenvalue weighted by Crippen LogP contribution is -2.56. The number of anilines is 1. The molecule has 24 heavy (non-hydrogen) atoms. The van der Waals surface area contributed by atoms with Crippen LogP contribution in [0.4, 0.5) is 5.69 Å². The van der Waals surface area contributed by atoms with Gasteiger partial charge in [0.25, 0.3) is 0 Å². The Morgan fingerprint density at radius 2 is 1.92 bits per heavy atom. The Morgan fingerprint density at radius 3 is 2.50 bits per heavy atom. The quantitative estimate of drug-likeness (QED) is 0.222. The molecule has 3 N–H and O–H groups in total. The van der Waals surface area contributed by atoms with E-state index in [0.717, 1.165) is 29.4 Å². The number of carbonyl (C=O) groups excluding carboxylic acids is 1. The van der Waals surface area contributed by atoms with E-state index in [1.807, 2.05) is 24.3 Å². The summed E-state index contributed by atoms with van der Waals surface area (Å²) in [6.07, 6.45) is 2.21. The number of carbonyl (C=O) groups is 1. The number of para-hydroxylation sites is 1. The largest absolute Gasteiger partial charge is 0.339 e. The number of thiocarbonyl (C=S) groups is 1. The molecule has 0 heterocycles. The summed E-state index contributed by atoms with van der Waals surface area (Å²) in [5.74, 6) is -0.198. The lowest BCUT2D eigenvalue weighted by atomic mass is 10.2. The average Bonchev–Trinajstić information content (AvgIpc) is 2.48. The van der Waals surface area contributed by atoms with Crippen LogP contribution >= 0.6 is 63.0 Å². The Labute approximate surface area is 171 Å². The molecule has 0 fully saturated rings. The lowest BCUT2D eigenvalue weighted by Gasteiger charge is -2.28. The molecule has 9 heteroatoms. The van der Waals surface area contributed by atoms with Crippen LogP contribution in [-0.4, -0.2) is 21.0 Å². The Hall–Kier alpha value is -0.270. The molecule has 1 amide bonds. The van der Waals surface area contributed by atoms with Crippen molar-refractivity contribution >= 4 is 79.7 Å².